The molecule has 0 saturated carbocycles. The van der Waals surface area contributed by atoms with Crippen LogP contribution < -0.4 is 11.1 Å². The van der Waals surface area contributed by atoms with E-state index < -0.39 is 5.91 Å². The van der Waals surface area contributed by atoms with Gasteiger partial charge in [0.25, 0.3) is 5.91 Å². The lowest BCUT2D eigenvalue weighted by Crippen LogP contribution is -2.19. The average molecular weight is 356 g/mol. The van der Waals surface area contributed by atoms with E-state index >= 15 is 0 Å². The first-order valence-electron chi connectivity index (χ1n) is 8.38. The zero-order valence-corrected chi connectivity index (χ0v) is 14.7. The van der Waals surface area contributed by atoms with Crippen LogP contribution in [-0.4, -0.2) is 17.6 Å². The molecule has 1 aliphatic carbocycles. The molecule has 3 rings (SSSR count). The number of carbonyl (C=O) groups is 3. The second-order valence-corrected chi connectivity index (χ2v) is 7.22. The van der Waals surface area contributed by atoms with Crippen molar-refractivity contribution in [2.75, 3.05) is 5.32 Å². The molecule has 2 amide bonds. The number of carbonyl (C=O) groups excluding carboxylic acids is 3. The smallest absolute Gasteiger partial charge is 0.251 e. The van der Waals surface area contributed by atoms with Gasteiger partial charge in [0.15, 0.2) is 5.78 Å². The molecule has 1 aromatic carbocycles. The summed E-state index contributed by atoms with van der Waals surface area (Å²) < 4.78 is 0. The molecule has 130 valence electrons. The molecular formula is C19H20N2O3S. The van der Waals surface area contributed by atoms with Gasteiger partial charge in [-0.15, -0.1) is 11.3 Å². The average Bonchev–Trinajstić information content (AvgIpc) is 2.98. The number of aryl methyl sites for hydroxylation is 1. The van der Waals surface area contributed by atoms with Crippen molar-refractivity contribution in [1.29, 1.82) is 0 Å². The molecule has 0 fully saturated rings. The molecule has 3 N–H and O–H groups in total. The number of fused-ring (bicyclic) bond motifs is 1. The van der Waals surface area contributed by atoms with Gasteiger partial charge < -0.3 is 11.1 Å². The Morgan fingerprint density at radius 2 is 1.76 bits per heavy atom. The molecule has 5 nitrogen and oxygen atoms in total. The van der Waals surface area contributed by atoms with Crippen molar-refractivity contribution < 1.29 is 14.4 Å². The molecule has 0 bridgehead atoms. The second-order valence-electron chi connectivity index (χ2n) is 6.12. The minimum atomic E-state index is -0.505. The highest BCUT2D eigenvalue weighted by atomic mass is 32.1. The van der Waals surface area contributed by atoms with E-state index in [9.17, 15) is 14.4 Å². The van der Waals surface area contributed by atoms with Crippen molar-refractivity contribution in [2.45, 2.75) is 38.5 Å². The topological polar surface area (TPSA) is 89.3 Å². The first-order valence-corrected chi connectivity index (χ1v) is 9.20. The summed E-state index contributed by atoms with van der Waals surface area (Å²) in [6, 6.07) is 8.90. The molecule has 0 aliphatic heterocycles. The fourth-order valence-electron chi connectivity index (χ4n) is 3.10. The van der Waals surface area contributed by atoms with E-state index in [4.69, 9.17) is 5.73 Å². The van der Waals surface area contributed by atoms with Gasteiger partial charge in [-0.3, -0.25) is 14.4 Å². The number of primary amides is 1. The molecule has 0 saturated heterocycles. The van der Waals surface area contributed by atoms with E-state index in [0.717, 1.165) is 36.1 Å². The highest BCUT2D eigenvalue weighted by Gasteiger charge is 2.25. The van der Waals surface area contributed by atoms with Gasteiger partial charge in [-0.05, 0) is 31.2 Å². The third kappa shape index (κ3) is 3.96. The molecule has 6 heteroatoms. The van der Waals surface area contributed by atoms with Gasteiger partial charge in [-0.25, -0.2) is 0 Å². The number of thiophene rings is 1. The quantitative estimate of drug-likeness (QED) is 0.778. The van der Waals surface area contributed by atoms with Crippen molar-refractivity contribution in [1.82, 2.24) is 0 Å². The van der Waals surface area contributed by atoms with Crippen molar-refractivity contribution in [3.63, 3.8) is 0 Å². The summed E-state index contributed by atoms with van der Waals surface area (Å²) in [5, 5.41) is 3.31. The van der Waals surface area contributed by atoms with Crippen LogP contribution in [0.3, 0.4) is 0 Å². The Hall–Kier alpha value is -2.47. The number of hydrogen-bond acceptors (Lipinski definition) is 4. The van der Waals surface area contributed by atoms with Gasteiger partial charge in [0, 0.05) is 23.3 Å². The van der Waals surface area contributed by atoms with Crippen molar-refractivity contribution >= 4 is 33.9 Å². The minimum absolute atomic E-state index is 0.0728. The number of anilines is 1. The van der Waals surface area contributed by atoms with E-state index in [2.05, 4.69) is 5.32 Å². The predicted molar refractivity (Wildman–Crippen MR) is 98.1 cm³/mol. The largest absolute Gasteiger partial charge is 0.365 e. The Morgan fingerprint density at radius 3 is 2.48 bits per heavy atom. The van der Waals surface area contributed by atoms with E-state index in [1.165, 1.54) is 11.3 Å². The molecule has 0 radical (unpaired) electrons. The van der Waals surface area contributed by atoms with E-state index in [0.29, 0.717) is 16.1 Å². The Morgan fingerprint density at radius 1 is 1.04 bits per heavy atom. The van der Waals surface area contributed by atoms with Crippen LogP contribution in [0.4, 0.5) is 5.00 Å². The molecule has 0 unspecified atom stereocenters. The molecule has 0 spiro atoms. The highest BCUT2D eigenvalue weighted by Crippen LogP contribution is 2.37. The number of nitrogens with two attached hydrogens (primary N) is 1. The SMILES string of the molecule is NC(=O)c1c(NC(=O)CCC(=O)c2ccccc2)sc2c1CCCC2. The lowest BCUT2D eigenvalue weighted by molar-refractivity contribution is -0.116. The maximum absolute atomic E-state index is 12.2. The summed E-state index contributed by atoms with van der Waals surface area (Å²) in [6.45, 7) is 0. The van der Waals surface area contributed by atoms with Crippen LogP contribution in [0, 0.1) is 0 Å². The second kappa shape index (κ2) is 7.61. The highest BCUT2D eigenvalue weighted by molar-refractivity contribution is 7.17. The number of nitrogens with one attached hydrogen (secondary N) is 1. The Labute approximate surface area is 150 Å². The molecule has 2 aromatic rings. The fourth-order valence-corrected chi connectivity index (χ4v) is 4.41. The van der Waals surface area contributed by atoms with Crippen molar-refractivity contribution in [3.8, 4) is 0 Å². The monoisotopic (exact) mass is 356 g/mol. The maximum atomic E-state index is 12.2. The zero-order valence-electron chi connectivity index (χ0n) is 13.8. The summed E-state index contributed by atoms with van der Waals surface area (Å²) in [4.78, 5) is 37.3. The van der Waals surface area contributed by atoms with Crippen molar-refractivity contribution in [3.05, 3.63) is 51.9 Å². The molecular weight excluding hydrogens is 336 g/mol. The summed E-state index contributed by atoms with van der Waals surface area (Å²) in [5.74, 6) is -0.850. The minimum Gasteiger partial charge on any atom is -0.365 e. The molecule has 0 atom stereocenters. The normalized spacial score (nSPS) is 13.1. The van der Waals surface area contributed by atoms with Crippen LogP contribution in [0.15, 0.2) is 30.3 Å². The van der Waals surface area contributed by atoms with Gasteiger partial charge in [0.1, 0.15) is 5.00 Å². The van der Waals surface area contributed by atoms with E-state index in [1.54, 1.807) is 24.3 Å². The number of ketones is 1. The van der Waals surface area contributed by atoms with Gasteiger partial charge in [-0.1, -0.05) is 30.3 Å². The third-order valence-corrected chi connectivity index (χ3v) is 5.55. The van der Waals surface area contributed by atoms with E-state index in [1.807, 2.05) is 6.07 Å². The fraction of sp³-hybridized carbons (Fsp3) is 0.316. The lowest BCUT2D eigenvalue weighted by atomic mass is 9.95. The Kier molecular flexibility index (Phi) is 5.28. The van der Waals surface area contributed by atoms with Crippen LogP contribution >= 0.6 is 11.3 Å². The predicted octanol–water partition coefficient (Wildman–Crippen LogP) is 3.33. The van der Waals surface area contributed by atoms with Gasteiger partial charge in [0.05, 0.1) is 5.56 Å². The van der Waals surface area contributed by atoms with Crippen LogP contribution in [0.5, 0.6) is 0 Å². The number of rotatable bonds is 6. The summed E-state index contributed by atoms with van der Waals surface area (Å²) in [7, 11) is 0. The Bertz CT molecular complexity index is 812. The Balaban J connectivity index is 1.66. The molecule has 1 aliphatic rings. The number of benzene rings is 1. The molecule has 1 heterocycles. The third-order valence-electron chi connectivity index (χ3n) is 4.35. The number of Topliss-reactive ketones (excluding diaryl/α,β-unsaturated/α-hetero) is 1. The molecule has 1 aromatic heterocycles. The van der Waals surface area contributed by atoms with Gasteiger partial charge in [-0.2, -0.15) is 0 Å². The summed E-state index contributed by atoms with van der Waals surface area (Å²) in [6.07, 6.45) is 4.07. The molecule has 25 heavy (non-hydrogen) atoms. The van der Waals surface area contributed by atoms with Gasteiger partial charge in [0.2, 0.25) is 5.91 Å². The summed E-state index contributed by atoms with van der Waals surface area (Å²) in [5.41, 5.74) is 7.55. The standard InChI is InChI=1S/C19H20N2O3S/c20-18(24)17-13-8-4-5-9-15(13)25-19(17)21-16(23)11-10-14(22)12-6-2-1-3-7-12/h1-3,6-7H,4-5,8-11H2,(H2,20,24)(H,21,23). The van der Waals surface area contributed by atoms with Crippen LogP contribution in [0.2, 0.25) is 0 Å². The van der Waals surface area contributed by atoms with Gasteiger partial charge >= 0.3 is 0 Å². The van der Waals surface area contributed by atoms with Crippen molar-refractivity contribution in [2.24, 2.45) is 5.73 Å². The first-order chi connectivity index (χ1) is 12.1. The first kappa shape index (κ1) is 17.4. The van der Waals surface area contributed by atoms with Crippen LogP contribution in [0.1, 0.15) is 56.8 Å². The van der Waals surface area contributed by atoms with Crippen LogP contribution in [0.25, 0.3) is 0 Å². The zero-order chi connectivity index (χ0) is 17.8. The lowest BCUT2D eigenvalue weighted by Gasteiger charge is -2.11. The maximum Gasteiger partial charge on any atom is 0.251 e. The summed E-state index contributed by atoms with van der Waals surface area (Å²) >= 11 is 1.43. The number of amides is 2. The van der Waals surface area contributed by atoms with E-state index in [-0.39, 0.29) is 24.5 Å². The van der Waals surface area contributed by atoms with Crippen LogP contribution in [-0.2, 0) is 17.6 Å². The number of hydrogen-bond donors (Lipinski definition) is 2.